The SMILES string of the molecule is CCCNC(=NC)NCCCc1nnc(SC)n1C1CCCC1.I. The van der Waals surface area contributed by atoms with E-state index in [1.807, 2.05) is 7.05 Å². The number of rotatable bonds is 8. The van der Waals surface area contributed by atoms with Gasteiger partial charge in [-0.25, -0.2) is 0 Å². The van der Waals surface area contributed by atoms with E-state index in [2.05, 4.69) is 43.6 Å². The number of guanidine groups is 1. The van der Waals surface area contributed by atoms with Crippen LogP contribution in [0.1, 0.15) is 57.3 Å². The first-order valence-corrected chi connectivity index (χ1v) is 9.94. The molecular formula is C16H31IN6S. The number of nitrogens with one attached hydrogen (secondary N) is 2. The molecule has 0 bridgehead atoms. The van der Waals surface area contributed by atoms with Gasteiger partial charge in [0.2, 0.25) is 0 Å². The van der Waals surface area contributed by atoms with E-state index in [9.17, 15) is 0 Å². The van der Waals surface area contributed by atoms with Gasteiger partial charge in [0.15, 0.2) is 11.1 Å². The molecule has 8 heteroatoms. The van der Waals surface area contributed by atoms with Crippen molar-refractivity contribution in [1.29, 1.82) is 0 Å². The maximum atomic E-state index is 4.44. The minimum atomic E-state index is 0. The summed E-state index contributed by atoms with van der Waals surface area (Å²) < 4.78 is 2.39. The second-order valence-corrected chi connectivity index (χ2v) is 6.71. The first-order chi connectivity index (χ1) is 11.3. The van der Waals surface area contributed by atoms with E-state index < -0.39 is 0 Å². The van der Waals surface area contributed by atoms with Crippen LogP contribution in [0.3, 0.4) is 0 Å². The fourth-order valence-electron chi connectivity index (χ4n) is 3.06. The van der Waals surface area contributed by atoms with Crippen LogP contribution >= 0.6 is 35.7 Å². The fraction of sp³-hybridized carbons (Fsp3) is 0.812. The molecule has 1 aromatic rings. The molecule has 1 heterocycles. The third-order valence-electron chi connectivity index (χ3n) is 4.24. The zero-order valence-corrected chi connectivity index (χ0v) is 18.2. The zero-order valence-electron chi connectivity index (χ0n) is 15.0. The van der Waals surface area contributed by atoms with E-state index >= 15 is 0 Å². The molecule has 0 spiro atoms. The molecule has 0 amide bonds. The third kappa shape index (κ3) is 6.09. The van der Waals surface area contributed by atoms with Gasteiger partial charge in [0, 0.05) is 32.6 Å². The molecule has 1 saturated carbocycles. The molecule has 2 N–H and O–H groups in total. The second kappa shape index (κ2) is 11.9. The average molecular weight is 466 g/mol. The summed E-state index contributed by atoms with van der Waals surface area (Å²) in [7, 11) is 1.81. The van der Waals surface area contributed by atoms with Crippen molar-refractivity contribution in [3.8, 4) is 0 Å². The molecule has 1 fully saturated rings. The molecule has 1 aliphatic carbocycles. The molecule has 0 aromatic carbocycles. The Morgan fingerprint density at radius 3 is 2.58 bits per heavy atom. The Morgan fingerprint density at radius 2 is 1.96 bits per heavy atom. The number of hydrogen-bond acceptors (Lipinski definition) is 4. The van der Waals surface area contributed by atoms with Gasteiger partial charge < -0.3 is 15.2 Å². The molecule has 0 unspecified atom stereocenters. The van der Waals surface area contributed by atoms with Crippen molar-refractivity contribution in [2.24, 2.45) is 4.99 Å². The Hall–Kier alpha value is -0.510. The van der Waals surface area contributed by atoms with Crippen molar-refractivity contribution >= 4 is 41.7 Å². The monoisotopic (exact) mass is 466 g/mol. The van der Waals surface area contributed by atoms with Crippen LogP contribution in [0, 0.1) is 0 Å². The molecule has 0 radical (unpaired) electrons. The number of halogens is 1. The van der Waals surface area contributed by atoms with E-state index in [1.54, 1.807) is 11.8 Å². The summed E-state index contributed by atoms with van der Waals surface area (Å²) in [5, 5.41) is 16.5. The lowest BCUT2D eigenvalue weighted by molar-refractivity contribution is 0.460. The molecule has 1 aromatic heterocycles. The predicted octanol–water partition coefficient (Wildman–Crippen LogP) is 3.24. The van der Waals surface area contributed by atoms with Gasteiger partial charge in [-0.1, -0.05) is 31.5 Å². The smallest absolute Gasteiger partial charge is 0.191 e. The molecule has 2 rings (SSSR count). The van der Waals surface area contributed by atoms with Crippen molar-refractivity contribution in [2.75, 3.05) is 26.4 Å². The van der Waals surface area contributed by atoms with Crippen LogP contribution in [0.15, 0.2) is 10.1 Å². The van der Waals surface area contributed by atoms with Gasteiger partial charge in [-0.2, -0.15) is 0 Å². The van der Waals surface area contributed by atoms with E-state index in [0.29, 0.717) is 6.04 Å². The third-order valence-corrected chi connectivity index (χ3v) is 4.89. The Labute approximate surface area is 167 Å². The van der Waals surface area contributed by atoms with Gasteiger partial charge in [-0.15, -0.1) is 34.2 Å². The first-order valence-electron chi connectivity index (χ1n) is 8.72. The van der Waals surface area contributed by atoms with Gasteiger partial charge in [0.05, 0.1) is 0 Å². The van der Waals surface area contributed by atoms with Gasteiger partial charge in [0.1, 0.15) is 5.82 Å². The number of hydrogen-bond donors (Lipinski definition) is 2. The van der Waals surface area contributed by atoms with Gasteiger partial charge in [-0.3, -0.25) is 4.99 Å². The normalized spacial score (nSPS) is 15.4. The highest BCUT2D eigenvalue weighted by atomic mass is 127. The topological polar surface area (TPSA) is 67.1 Å². The van der Waals surface area contributed by atoms with Crippen LogP contribution in [-0.2, 0) is 6.42 Å². The Balaban J connectivity index is 0.00000288. The molecule has 0 aliphatic heterocycles. The largest absolute Gasteiger partial charge is 0.356 e. The highest BCUT2D eigenvalue weighted by Crippen LogP contribution is 2.33. The van der Waals surface area contributed by atoms with Crippen LogP contribution in [0.2, 0.25) is 0 Å². The molecule has 0 atom stereocenters. The average Bonchev–Trinajstić information content (AvgIpc) is 3.22. The lowest BCUT2D eigenvalue weighted by atomic mass is 10.2. The maximum Gasteiger partial charge on any atom is 0.191 e. The van der Waals surface area contributed by atoms with Gasteiger partial charge >= 0.3 is 0 Å². The van der Waals surface area contributed by atoms with Gasteiger partial charge in [0.25, 0.3) is 0 Å². The van der Waals surface area contributed by atoms with Crippen molar-refractivity contribution in [3.05, 3.63) is 5.82 Å². The lowest BCUT2D eigenvalue weighted by Crippen LogP contribution is -2.38. The van der Waals surface area contributed by atoms with Gasteiger partial charge in [-0.05, 0) is 31.9 Å². The summed E-state index contributed by atoms with van der Waals surface area (Å²) in [6.45, 7) is 4.00. The van der Waals surface area contributed by atoms with Crippen LogP contribution in [0.25, 0.3) is 0 Å². The molecular weight excluding hydrogens is 435 g/mol. The van der Waals surface area contributed by atoms with Crippen LogP contribution in [0.4, 0.5) is 0 Å². The summed E-state index contributed by atoms with van der Waals surface area (Å²) in [6, 6.07) is 0.606. The minimum absolute atomic E-state index is 0. The van der Waals surface area contributed by atoms with Crippen LogP contribution in [-0.4, -0.2) is 47.1 Å². The summed E-state index contributed by atoms with van der Waals surface area (Å²) in [5.41, 5.74) is 0. The van der Waals surface area contributed by atoms with Crippen molar-refractivity contribution in [3.63, 3.8) is 0 Å². The fourth-order valence-corrected chi connectivity index (χ4v) is 3.64. The quantitative estimate of drug-likeness (QED) is 0.203. The Kier molecular flexibility index (Phi) is 10.7. The Morgan fingerprint density at radius 1 is 1.25 bits per heavy atom. The van der Waals surface area contributed by atoms with Crippen LogP contribution in [0.5, 0.6) is 0 Å². The lowest BCUT2D eigenvalue weighted by Gasteiger charge is -2.16. The highest BCUT2D eigenvalue weighted by Gasteiger charge is 2.23. The Bertz CT molecular complexity index is 499. The molecule has 1 aliphatic rings. The highest BCUT2D eigenvalue weighted by molar-refractivity contribution is 14.0. The van der Waals surface area contributed by atoms with Crippen molar-refractivity contribution < 1.29 is 0 Å². The standard InChI is InChI=1S/C16H30N6S.HI/c1-4-11-18-15(17-2)19-12-7-10-14-20-21-16(23-3)22(14)13-8-5-6-9-13;/h13H,4-12H2,1-3H3,(H2,17,18,19);1H. The minimum Gasteiger partial charge on any atom is -0.356 e. The number of thioether (sulfide) groups is 1. The first kappa shape index (κ1) is 21.5. The number of aryl methyl sites for hydroxylation is 1. The number of nitrogens with zero attached hydrogens (tertiary/aromatic N) is 4. The van der Waals surface area contributed by atoms with E-state index in [1.165, 1.54) is 25.7 Å². The predicted molar refractivity (Wildman–Crippen MR) is 113 cm³/mol. The summed E-state index contributed by atoms with van der Waals surface area (Å²) >= 11 is 1.70. The number of aromatic nitrogens is 3. The van der Waals surface area contributed by atoms with Crippen LogP contribution < -0.4 is 10.6 Å². The molecule has 24 heavy (non-hydrogen) atoms. The summed E-state index contributed by atoms with van der Waals surface area (Å²) in [6.07, 6.45) is 10.4. The molecule has 6 nitrogen and oxygen atoms in total. The summed E-state index contributed by atoms with van der Waals surface area (Å²) in [5.74, 6) is 2.02. The number of aliphatic imine (C=N–C) groups is 1. The van der Waals surface area contributed by atoms with E-state index in [-0.39, 0.29) is 24.0 Å². The van der Waals surface area contributed by atoms with Crippen molar-refractivity contribution in [1.82, 2.24) is 25.4 Å². The van der Waals surface area contributed by atoms with E-state index in [4.69, 9.17) is 0 Å². The maximum absolute atomic E-state index is 4.44. The summed E-state index contributed by atoms with van der Waals surface area (Å²) in [4.78, 5) is 4.23. The zero-order chi connectivity index (χ0) is 16.5. The second-order valence-electron chi connectivity index (χ2n) is 5.94. The van der Waals surface area contributed by atoms with E-state index in [0.717, 1.165) is 49.3 Å². The van der Waals surface area contributed by atoms with Crippen molar-refractivity contribution in [2.45, 2.75) is 63.1 Å². The molecule has 0 saturated heterocycles. The molecule has 138 valence electrons.